The molecule has 31 heavy (non-hydrogen) atoms. The van der Waals surface area contributed by atoms with E-state index < -0.39 is 0 Å². The molecule has 0 amide bonds. The number of rotatable bonds is 3. The normalized spacial score (nSPS) is 28.3. The molecule has 3 atom stereocenters. The van der Waals surface area contributed by atoms with E-state index in [1.807, 2.05) is 30.3 Å². The maximum absolute atomic E-state index is 13.2. The van der Waals surface area contributed by atoms with Crippen LogP contribution >= 0.6 is 17.0 Å². The molecular weight excluding hydrogens is 458 g/mol. The van der Waals surface area contributed by atoms with Crippen molar-refractivity contribution in [3.8, 4) is 17.2 Å². The number of hydrogen-bond acceptors (Lipinski definition) is 5. The molecule has 0 aromatic heterocycles. The fourth-order valence-corrected chi connectivity index (χ4v) is 6.61. The summed E-state index contributed by atoms with van der Waals surface area (Å²) in [6.07, 6.45) is 6.98. The van der Waals surface area contributed by atoms with Crippen LogP contribution in [0.5, 0.6) is 17.2 Å². The van der Waals surface area contributed by atoms with Crippen molar-refractivity contribution >= 4 is 22.8 Å². The number of piperidine rings is 1. The van der Waals surface area contributed by atoms with Gasteiger partial charge in [0.25, 0.3) is 0 Å². The first-order chi connectivity index (χ1) is 14.6. The number of carbonyl (C=O) groups excluding carboxylic acids is 1. The number of aromatic hydroxyl groups is 1. The Balaban J connectivity index is 0.00000204. The summed E-state index contributed by atoms with van der Waals surface area (Å²) in [6.45, 7) is 1.61. The van der Waals surface area contributed by atoms with E-state index in [1.54, 1.807) is 0 Å². The van der Waals surface area contributed by atoms with Crippen molar-refractivity contribution in [3.63, 3.8) is 0 Å². The second-order valence-corrected chi connectivity index (χ2v) is 9.33. The molecule has 6 heteroatoms. The van der Waals surface area contributed by atoms with Gasteiger partial charge in [-0.1, -0.05) is 18.9 Å². The maximum Gasteiger partial charge on any atom is 0.231 e. The lowest BCUT2D eigenvalue weighted by Gasteiger charge is -2.59. The van der Waals surface area contributed by atoms with Gasteiger partial charge in [0.2, 0.25) is 6.79 Å². The van der Waals surface area contributed by atoms with Crippen LogP contribution in [0.4, 0.5) is 0 Å². The Hall–Kier alpha value is -2.05. The van der Waals surface area contributed by atoms with Gasteiger partial charge in [0.15, 0.2) is 17.3 Å². The summed E-state index contributed by atoms with van der Waals surface area (Å²) in [4.78, 5) is 15.6. The molecule has 2 aromatic carbocycles. The Kier molecular flexibility index (Phi) is 5.25. The molecule has 2 fully saturated rings. The highest BCUT2D eigenvalue weighted by Crippen LogP contribution is 2.56. The van der Waals surface area contributed by atoms with E-state index in [0.717, 1.165) is 19.4 Å². The Labute approximate surface area is 193 Å². The van der Waals surface area contributed by atoms with Crippen molar-refractivity contribution in [1.29, 1.82) is 0 Å². The zero-order valence-corrected chi connectivity index (χ0v) is 19.2. The first kappa shape index (κ1) is 20.8. The number of phenols is 1. The number of ketones is 1. The first-order valence-corrected chi connectivity index (χ1v) is 11.1. The molecule has 2 aromatic rings. The number of halogens is 1. The van der Waals surface area contributed by atoms with Crippen LogP contribution in [0.1, 0.15) is 53.6 Å². The second-order valence-electron chi connectivity index (χ2n) is 9.33. The molecule has 1 N–H and O–H groups in total. The Morgan fingerprint density at radius 2 is 1.97 bits per heavy atom. The summed E-state index contributed by atoms with van der Waals surface area (Å²) in [5.41, 5.74) is 3.61. The van der Waals surface area contributed by atoms with Crippen LogP contribution in [0.3, 0.4) is 0 Å². The van der Waals surface area contributed by atoms with Gasteiger partial charge < -0.3 is 14.6 Å². The van der Waals surface area contributed by atoms with Gasteiger partial charge in [-0.05, 0) is 79.6 Å². The first-order valence-electron chi connectivity index (χ1n) is 11.1. The lowest BCUT2D eigenvalue weighted by atomic mass is 9.52. The number of likely N-dealkylation sites (tertiary alicyclic amines) is 1. The van der Waals surface area contributed by atoms with Crippen molar-refractivity contribution in [2.24, 2.45) is 5.92 Å². The van der Waals surface area contributed by atoms with Crippen molar-refractivity contribution in [2.75, 3.05) is 19.9 Å². The summed E-state index contributed by atoms with van der Waals surface area (Å²) < 4.78 is 10.8. The molecule has 0 unspecified atom stereocenters. The Bertz CT molecular complexity index is 1020. The van der Waals surface area contributed by atoms with Crippen LogP contribution in [0.25, 0.3) is 0 Å². The molecule has 2 aliphatic heterocycles. The van der Waals surface area contributed by atoms with Crippen molar-refractivity contribution in [1.82, 2.24) is 4.90 Å². The van der Waals surface area contributed by atoms with E-state index in [9.17, 15) is 9.90 Å². The standard InChI is InChI=1S/C25H27NO4.BrH/c27-18-6-4-16-11-21-19-3-1-2-8-25(19,20(16)13-18)9-10-26(21)14-22(28)17-5-7-23-24(12-17)30-15-29-23;/h4-7,12-13,19,21,27H,1-3,8-11,14-15H2;1H/t19-,21-,25-;/m0./s1. The molecule has 2 heterocycles. The molecule has 0 spiro atoms. The van der Waals surface area contributed by atoms with E-state index in [-0.39, 0.29) is 35.0 Å². The van der Waals surface area contributed by atoms with Crippen molar-refractivity contribution in [2.45, 2.75) is 50.0 Å². The fraction of sp³-hybridized carbons (Fsp3) is 0.480. The van der Waals surface area contributed by atoms with E-state index >= 15 is 0 Å². The SMILES string of the molecule is Br.O=C(CN1CC[C@@]23CCCC[C@H]2[C@@H]1Cc1ccc(O)cc13)c1ccc2c(c1)OCO2. The van der Waals surface area contributed by atoms with Crippen LogP contribution in [-0.2, 0) is 11.8 Å². The third-order valence-corrected chi connectivity index (χ3v) is 7.98. The van der Waals surface area contributed by atoms with Crippen LogP contribution in [0.2, 0.25) is 0 Å². The Morgan fingerprint density at radius 3 is 2.87 bits per heavy atom. The number of nitrogens with zero attached hydrogens (tertiary/aromatic N) is 1. The molecule has 2 aliphatic carbocycles. The summed E-state index contributed by atoms with van der Waals surface area (Å²) in [5.74, 6) is 2.47. The minimum Gasteiger partial charge on any atom is -0.508 e. The number of benzene rings is 2. The monoisotopic (exact) mass is 485 g/mol. The van der Waals surface area contributed by atoms with E-state index in [1.165, 1.54) is 36.8 Å². The van der Waals surface area contributed by atoms with Crippen LogP contribution in [-0.4, -0.2) is 41.7 Å². The van der Waals surface area contributed by atoms with Crippen LogP contribution in [0.15, 0.2) is 36.4 Å². The van der Waals surface area contributed by atoms with Gasteiger partial charge in [0.05, 0.1) is 6.54 Å². The van der Waals surface area contributed by atoms with Gasteiger partial charge in [0, 0.05) is 17.0 Å². The highest BCUT2D eigenvalue weighted by molar-refractivity contribution is 8.93. The van der Waals surface area contributed by atoms with Gasteiger partial charge in [0.1, 0.15) is 5.75 Å². The van der Waals surface area contributed by atoms with Gasteiger partial charge in [-0.15, -0.1) is 17.0 Å². The smallest absolute Gasteiger partial charge is 0.231 e. The number of carbonyl (C=O) groups is 1. The van der Waals surface area contributed by atoms with Gasteiger partial charge >= 0.3 is 0 Å². The van der Waals surface area contributed by atoms with Crippen molar-refractivity contribution in [3.05, 3.63) is 53.1 Å². The predicted octanol–water partition coefficient (Wildman–Crippen LogP) is 4.64. The molecule has 164 valence electrons. The lowest BCUT2D eigenvalue weighted by molar-refractivity contribution is -0.00848. The molecule has 1 saturated carbocycles. The fourth-order valence-electron chi connectivity index (χ4n) is 6.61. The third-order valence-electron chi connectivity index (χ3n) is 7.98. The third kappa shape index (κ3) is 3.26. The molecule has 1 saturated heterocycles. The number of ether oxygens (including phenoxy) is 2. The number of hydrogen-bond donors (Lipinski definition) is 1. The van der Waals surface area contributed by atoms with Gasteiger partial charge in [-0.25, -0.2) is 0 Å². The number of phenolic OH excluding ortho intramolecular Hbond substituents is 1. The average Bonchev–Trinajstić information content (AvgIpc) is 3.24. The quantitative estimate of drug-likeness (QED) is 0.641. The minimum absolute atomic E-state index is 0. The summed E-state index contributed by atoms with van der Waals surface area (Å²) in [5, 5.41) is 10.2. The molecule has 5 nitrogen and oxygen atoms in total. The highest BCUT2D eigenvalue weighted by atomic mass is 79.9. The van der Waals surface area contributed by atoms with Crippen molar-refractivity contribution < 1.29 is 19.4 Å². The molecule has 2 bridgehead atoms. The largest absolute Gasteiger partial charge is 0.508 e. The average molecular weight is 486 g/mol. The second kappa shape index (κ2) is 7.82. The van der Waals surface area contributed by atoms with Gasteiger partial charge in [-0.3, -0.25) is 9.69 Å². The molecule has 4 aliphatic rings. The molecular formula is C25H28BrNO4. The van der Waals surface area contributed by atoms with Crippen LogP contribution < -0.4 is 9.47 Å². The summed E-state index contributed by atoms with van der Waals surface area (Å²) in [7, 11) is 0. The maximum atomic E-state index is 13.2. The van der Waals surface area contributed by atoms with Crippen LogP contribution in [0, 0.1) is 5.92 Å². The molecule has 0 radical (unpaired) electrons. The van der Waals surface area contributed by atoms with Gasteiger partial charge in [-0.2, -0.15) is 0 Å². The van der Waals surface area contributed by atoms with E-state index in [0.29, 0.717) is 41.3 Å². The highest BCUT2D eigenvalue weighted by Gasteiger charge is 2.53. The zero-order valence-electron chi connectivity index (χ0n) is 17.5. The summed E-state index contributed by atoms with van der Waals surface area (Å²) >= 11 is 0. The lowest BCUT2D eigenvalue weighted by Crippen LogP contribution is -2.61. The number of fused-ring (bicyclic) bond motifs is 2. The molecule has 6 rings (SSSR count). The number of Topliss-reactive ketones (excluding diaryl/α,β-unsaturated/α-hetero) is 1. The topological polar surface area (TPSA) is 59.0 Å². The minimum atomic E-state index is 0. The predicted molar refractivity (Wildman–Crippen MR) is 123 cm³/mol. The van der Waals surface area contributed by atoms with E-state index in [4.69, 9.17) is 9.47 Å². The Morgan fingerprint density at radius 1 is 1.10 bits per heavy atom. The van der Waals surface area contributed by atoms with E-state index in [2.05, 4.69) is 11.0 Å². The zero-order chi connectivity index (χ0) is 20.3. The summed E-state index contributed by atoms with van der Waals surface area (Å²) in [6, 6.07) is 11.8.